The van der Waals surface area contributed by atoms with Gasteiger partial charge in [-0.1, -0.05) is 30.3 Å². The van der Waals surface area contributed by atoms with Crippen LogP contribution in [0.5, 0.6) is 0 Å². The molecule has 1 N–H and O–H groups in total. The highest BCUT2D eigenvalue weighted by Crippen LogP contribution is 2.30. The number of nitrogens with one attached hydrogen (secondary N) is 1. The first-order valence-corrected chi connectivity index (χ1v) is 9.48. The number of hydrogen-bond acceptors (Lipinski definition) is 4. The number of rotatable bonds is 6. The second kappa shape index (κ2) is 7.80. The third kappa shape index (κ3) is 3.60. The molecule has 1 saturated heterocycles. The van der Waals surface area contributed by atoms with Crippen molar-refractivity contribution in [2.24, 2.45) is 0 Å². The van der Waals surface area contributed by atoms with Gasteiger partial charge in [0.15, 0.2) is 0 Å². The van der Waals surface area contributed by atoms with Crippen LogP contribution in [0.4, 0.5) is 4.79 Å². The standard InChI is InChI=1S/C21H22N4O3/c26-19(23-13-15-5-3-9-22-12-15)8-4-10-24-20(27)18-11-16-6-1-2-7-17(16)14-25(18)21(24)28/h1-3,5-7,9,12,18H,4,8,10-11,13-14H2,(H,23,26)/t18-/m1/s1. The Morgan fingerprint density at radius 1 is 1.14 bits per heavy atom. The van der Waals surface area contributed by atoms with Crippen LogP contribution in [0, 0.1) is 0 Å². The summed E-state index contributed by atoms with van der Waals surface area (Å²) < 4.78 is 0. The summed E-state index contributed by atoms with van der Waals surface area (Å²) in [5, 5.41) is 2.83. The molecule has 3 heterocycles. The van der Waals surface area contributed by atoms with Gasteiger partial charge in [0, 0.05) is 44.9 Å². The van der Waals surface area contributed by atoms with Crippen molar-refractivity contribution in [3.05, 3.63) is 65.5 Å². The van der Waals surface area contributed by atoms with E-state index in [9.17, 15) is 14.4 Å². The Hall–Kier alpha value is -3.22. The van der Waals surface area contributed by atoms with Crippen molar-refractivity contribution < 1.29 is 14.4 Å². The monoisotopic (exact) mass is 378 g/mol. The third-order valence-corrected chi connectivity index (χ3v) is 5.27. The molecule has 0 aliphatic carbocycles. The van der Waals surface area contributed by atoms with Gasteiger partial charge in [0.25, 0.3) is 5.91 Å². The fraction of sp³-hybridized carbons (Fsp3) is 0.333. The van der Waals surface area contributed by atoms with Crippen LogP contribution in [0.3, 0.4) is 0 Å². The van der Waals surface area contributed by atoms with Crippen molar-refractivity contribution in [3.8, 4) is 0 Å². The van der Waals surface area contributed by atoms with Crippen LogP contribution in [0.2, 0.25) is 0 Å². The van der Waals surface area contributed by atoms with Crippen molar-refractivity contribution >= 4 is 17.8 Å². The highest BCUT2D eigenvalue weighted by Gasteiger charge is 2.46. The molecule has 4 amide bonds. The zero-order valence-electron chi connectivity index (χ0n) is 15.5. The Labute approximate surface area is 163 Å². The van der Waals surface area contributed by atoms with Gasteiger partial charge in [-0.2, -0.15) is 0 Å². The molecule has 7 nitrogen and oxygen atoms in total. The summed E-state index contributed by atoms with van der Waals surface area (Å²) >= 11 is 0. The number of nitrogens with zero attached hydrogens (tertiary/aromatic N) is 3. The highest BCUT2D eigenvalue weighted by molar-refractivity contribution is 6.04. The first-order valence-electron chi connectivity index (χ1n) is 9.48. The fourth-order valence-electron chi connectivity index (χ4n) is 3.77. The average Bonchev–Trinajstić information content (AvgIpc) is 2.96. The van der Waals surface area contributed by atoms with Crippen molar-refractivity contribution in [2.75, 3.05) is 6.54 Å². The number of urea groups is 1. The van der Waals surface area contributed by atoms with Crippen LogP contribution < -0.4 is 5.32 Å². The largest absolute Gasteiger partial charge is 0.352 e. The Kier molecular flexibility index (Phi) is 5.06. The second-order valence-electron chi connectivity index (χ2n) is 7.13. The van der Waals surface area contributed by atoms with E-state index >= 15 is 0 Å². The van der Waals surface area contributed by atoms with Crippen LogP contribution in [-0.4, -0.2) is 45.2 Å². The molecular formula is C21H22N4O3. The number of hydrogen-bond donors (Lipinski definition) is 1. The Bertz CT molecular complexity index is 857. The summed E-state index contributed by atoms with van der Waals surface area (Å²) in [6.07, 6.45) is 4.66. The molecule has 1 fully saturated rings. The number of benzene rings is 1. The number of fused-ring (bicyclic) bond motifs is 2. The van der Waals surface area contributed by atoms with Gasteiger partial charge in [0.05, 0.1) is 0 Å². The molecular weight excluding hydrogens is 356 g/mol. The predicted octanol–water partition coefficient (Wildman–Crippen LogP) is 1.87. The van der Waals surface area contributed by atoms with Crippen molar-refractivity contribution in [1.82, 2.24) is 20.1 Å². The summed E-state index contributed by atoms with van der Waals surface area (Å²) in [5.41, 5.74) is 3.15. The normalized spacial score (nSPS) is 18.1. The molecule has 7 heteroatoms. The fourth-order valence-corrected chi connectivity index (χ4v) is 3.77. The molecule has 0 unspecified atom stereocenters. The lowest BCUT2D eigenvalue weighted by Gasteiger charge is -2.28. The van der Waals surface area contributed by atoms with E-state index in [2.05, 4.69) is 10.3 Å². The number of carbonyl (C=O) groups excluding carboxylic acids is 3. The minimum absolute atomic E-state index is 0.104. The summed E-state index contributed by atoms with van der Waals surface area (Å²) in [5.74, 6) is -0.261. The van der Waals surface area contributed by atoms with Gasteiger partial charge in [0.2, 0.25) is 5.91 Å². The number of pyridine rings is 1. The van der Waals surface area contributed by atoms with Gasteiger partial charge in [-0.25, -0.2) is 4.79 Å². The van der Waals surface area contributed by atoms with E-state index in [1.807, 2.05) is 36.4 Å². The van der Waals surface area contributed by atoms with E-state index in [-0.39, 0.29) is 30.8 Å². The van der Waals surface area contributed by atoms with Crippen LogP contribution >= 0.6 is 0 Å². The maximum absolute atomic E-state index is 12.7. The van der Waals surface area contributed by atoms with Gasteiger partial charge in [-0.05, 0) is 29.2 Å². The van der Waals surface area contributed by atoms with Gasteiger partial charge in [-0.15, -0.1) is 0 Å². The molecule has 2 aliphatic heterocycles. The number of carbonyl (C=O) groups is 3. The van der Waals surface area contributed by atoms with Gasteiger partial charge >= 0.3 is 6.03 Å². The Morgan fingerprint density at radius 2 is 1.96 bits per heavy atom. The summed E-state index contributed by atoms with van der Waals surface area (Å²) in [6.45, 7) is 1.15. The lowest BCUT2D eigenvalue weighted by Crippen LogP contribution is -2.39. The van der Waals surface area contributed by atoms with Crippen molar-refractivity contribution in [1.29, 1.82) is 0 Å². The topological polar surface area (TPSA) is 82.6 Å². The molecule has 1 atom stereocenters. The summed E-state index contributed by atoms with van der Waals surface area (Å²) in [4.78, 5) is 44.3. The van der Waals surface area contributed by atoms with Gasteiger partial charge in [-0.3, -0.25) is 19.5 Å². The first-order chi connectivity index (χ1) is 13.6. The Balaban J connectivity index is 1.28. The molecule has 4 rings (SSSR count). The number of imide groups is 1. The molecule has 28 heavy (non-hydrogen) atoms. The van der Waals surface area contributed by atoms with E-state index in [1.165, 1.54) is 4.90 Å². The SMILES string of the molecule is O=C(CCCN1C(=O)[C@H]2Cc3ccccc3CN2C1=O)NCc1cccnc1. The first kappa shape index (κ1) is 18.2. The average molecular weight is 378 g/mol. The van der Waals surface area contributed by atoms with Gasteiger partial charge < -0.3 is 10.2 Å². The third-order valence-electron chi connectivity index (χ3n) is 5.27. The van der Waals surface area contributed by atoms with Crippen molar-refractivity contribution in [2.45, 2.75) is 38.4 Å². The van der Waals surface area contributed by atoms with Crippen LogP contribution in [0.25, 0.3) is 0 Å². The maximum Gasteiger partial charge on any atom is 0.327 e. The molecule has 0 spiro atoms. The molecule has 2 aliphatic rings. The zero-order chi connectivity index (χ0) is 19.5. The van der Waals surface area contributed by atoms with E-state index in [4.69, 9.17) is 0 Å². The molecule has 1 aromatic heterocycles. The predicted molar refractivity (Wildman–Crippen MR) is 102 cm³/mol. The van der Waals surface area contributed by atoms with E-state index in [1.54, 1.807) is 17.3 Å². The smallest absolute Gasteiger partial charge is 0.327 e. The zero-order valence-corrected chi connectivity index (χ0v) is 15.5. The molecule has 0 saturated carbocycles. The summed E-state index contributed by atoms with van der Waals surface area (Å²) in [7, 11) is 0. The second-order valence-corrected chi connectivity index (χ2v) is 7.13. The van der Waals surface area contributed by atoms with E-state index in [0.717, 1.165) is 16.7 Å². The lowest BCUT2D eigenvalue weighted by atomic mass is 9.95. The quantitative estimate of drug-likeness (QED) is 0.778. The minimum atomic E-state index is -0.415. The highest BCUT2D eigenvalue weighted by atomic mass is 16.2. The minimum Gasteiger partial charge on any atom is -0.352 e. The molecule has 0 radical (unpaired) electrons. The van der Waals surface area contributed by atoms with E-state index in [0.29, 0.717) is 25.9 Å². The summed E-state index contributed by atoms with van der Waals surface area (Å²) in [6, 6.07) is 11.0. The molecule has 0 bridgehead atoms. The maximum atomic E-state index is 12.7. The Morgan fingerprint density at radius 3 is 2.75 bits per heavy atom. The number of amides is 4. The molecule has 144 valence electrons. The van der Waals surface area contributed by atoms with E-state index < -0.39 is 6.04 Å². The van der Waals surface area contributed by atoms with Crippen LogP contribution in [-0.2, 0) is 29.1 Å². The lowest BCUT2D eigenvalue weighted by molar-refractivity contribution is -0.129. The van der Waals surface area contributed by atoms with Gasteiger partial charge in [0.1, 0.15) is 6.04 Å². The van der Waals surface area contributed by atoms with Crippen molar-refractivity contribution in [3.63, 3.8) is 0 Å². The molecule has 1 aromatic carbocycles. The molecule has 2 aromatic rings. The van der Waals surface area contributed by atoms with Crippen LogP contribution in [0.15, 0.2) is 48.8 Å². The number of aromatic nitrogens is 1. The van der Waals surface area contributed by atoms with Crippen LogP contribution in [0.1, 0.15) is 29.5 Å².